The summed E-state index contributed by atoms with van der Waals surface area (Å²) in [5, 5.41) is 3.18. The van der Waals surface area contributed by atoms with Gasteiger partial charge in [-0.05, 0) is 19.1 Å². The predicted octanol–water partition coefficient (Wildman–Crippen LogP) is 1.16. The quantitative estimate of drug-likeness (QED) is 0.778. The summed E-state index contributed by atoms with van der Waals surface area (Å²) >= 11 is 0. The maximum Gasteiger partial charge on any atom is 0.279 e. The van der Waals surface area contributed by atoms with Crippen molar-refractivity contribution in [2.24, 2.45) is 7.05 Å². The van der Waals surface area contributed by atoms with Crippen molar-refractivity contribution < 1.29 is 0 Å². The van der Waals surface area contributed by atoms with E-state index in [1.54, 1.807) is 22.4 Å². The molecule has 3 rings (SSSR count). The number of nitrogens with zero attached hydrogens (tertiary/aromatic N) is 5. The Bertz CT molecular complexity index is 821. The first-order chi connectivity index (χ1) is 10.2. The molecule has 7 heteroatoms. The summed E-state index contributed by atoms with van der Waals surface area (Å²) in [4.78, 5) is 25.1. The van der Waals surface area contributed by atoms with Crippen molar-refractivity contribution in [2.75, 3.05) is 5.32 Å². The van der Waals surface area contributed by atoms with Crippen LogP contribution in [0.4, 0.5) is 5.95 Å². The molecule has 0 radical (unpaired) electrons. The van der Waals surface area contributed by atoms with Crippen LogP contribution < -0.4 is 10.9 Å². The molecule has 1 N–H and O–H groups in total. The van der Waals surface area contributed by atoms with Crippen molar-refractivity contribution in [3.63, 3.8) is 0 Å². The number of anilines is 1. The van der Waals surface area contributed by atoms with E-state index in [0.29, 0.717) is 30.2 Å². The van der Waals surface area contributed by atoms with E-state index in [9.17, 15) is 4.79 Å². The molecule has 7 nitrogen and oxygen atoms in total. The number of aromatic nitrogens is 5. The number of hydrogen-bond acceptors (Lipinski definition) is 5. The van der Waals surface area contributed by atoms with Gasteiger partial charge < -0.3 is 9.88 Å². The summed E-state index contributed by atoms with van der Waals surface area (Å²) in [6.45, 7) is 3.04. The van der Waals surface area contributed by atoms with Crippen LogP contribution in [0, 0.1) is 0 Å². The summed E-state index contributed by atoms with van der Waals surface area (Å²) in [7, 11) is 1.80. The maximum absolute atomic E-state index is 12.3. The Kier molecular flexibility index (Phi) is 3.39. The van der Waals surface area contributed by atoms with Crippen molar-refractivity contribution in [3.05, 3.63) is 46.8 Å². The molecule has 0 spiro atoms. The van der Waals surface area contributed by atoms with Crippen molar-refractivity contribution >= 4 is 17.1 Å². The molecule has 3 aromatic rings. The topological polar surface area (TPSA) is 77.6 Å². The van der Waals surface area contributed by atoms with E-state index in [1.165, 1.54) is 6.33 Å². The molecule has 0 atom stereocenters. The van der Waals surface area contributed by atoms with Crippen molar-refractivity contribution in [3.8, 4) is 0 Å². The molecular formula is C14H16N6O. The highest BCUT2D eigenvalue weighted by Gasteiger charge is 2.13. The number of fused-ring (bicyclic) bond motifs is 1. The molecule has 0 aromatic carbocycles. The van der Waals surface area contributed by atoms with Crippen LogP contribution in [0.2, 0.25) is 0 Å². The molecule has 0 saturated heterocycles. The highest BCUT2D eigenvalue weighted by molar-refractivity contribution is 5.73. The fourth-order valence-corrected chi connectivity index (χ4v) is 2.18. The molecule has 3 heterocycles. The van der Waals surface area contributed by atoms with Gasteiger partial charge in [0, 0.05) is 19.8 Å². The molecule has 0 aliphatic heterocycles. The van der Waals surface area contributed by atoms with Crippen LogP contribution in [-0.4, -0.2) is 24.1 Å². The van der Waals surface area contributed by atoms with Gasteiger partial charge in [0.2, 0.25) is 5.95 Å². The minimum Gasteiger partial charge on any atom is -0.350 e. The second-order valence-corrected chi connectivity index (χ2v) is 4.68. The average molecular weight is 284 g/mol. The van der Waals surface area contributed by atoms with E-state index in [-0.39, 0.29) is 5.56 Å². The van der Waals surface area contributed by atoms with Crippen LogP contribution in [0.25, 0.3) is 11.2 Å². The second kappa shape index (κ2) is 5.35. The summed E-state index contributed by atoms with van der Waals surface area (Å²) in [6.07, 6.45) is 3.27. The van der Waals surface area contributed by atoms with Crippen molar-refractivity contribution in [1.29, 1.82) is 0 Å². The van der Waals surface area contributed by atoms with Gasteiger partial charge in [-0.2, -0.15) is 4.98 Å². The smallest absolute Gasteiger partial charge is 0.279 e. The van der Waals surface area contributed by atoms with Gasteiger partial charge in [-0.3, -0.25) is 14.3 Å². The third-order valence-electron chi connectivity index (χ3n) is 3.35. The van der Waals surface area contributed by atoms with Crippen LogP contribution >= 0.6 is 0 Å². The third kappa shape index (κ3) is 2.37. The zero-order valence-corrected chi connectivity index (χ0v) is 11.9. The van der Waals surface area contributed by atoms with E-state index in [0.717, 1.165) is 5.69 Å². The van der Waals surface area contributed by atoms with E-state index in [1.807, 2.05) is 25.1 Å². The van der Waals surface area contributed by atoms with Crippen LogP contribution in [0.5, 0.6) is 0 Å². The summed E-state index contributed by atoms with van der Waals surface area (Å²) < 4.78 is 3.30. The predicted molar refractivity (Wildman–Crippen MR) is 80.0 cm³/mol. The first-order valence-electron chi connectivity index (χ1n) is 6.76. The molecular weight excluding hydrogens is 268 g/mol. The Balaban J connectivity index is 1.95. The zero-order valence-electron chi connectivity index (χ0n) is 11.9. The van der Waals surface area contributed by atoms with Crippen LogP contribution in [0.15, 0.2) is 35.5 Å². The van der Waals surface area contributed by atoms with Gasteiger partial charge in [-0.1, -0.05) is 6.07 Å². The lowest BCUT2D eigenvalue weighted by molar-refractivity contribution is 0.712. The van der Waals surface area contributed by atoms with Gasteiger partial charge >= 0.3 is 0 Å². The average Bonchev–Trinajstić information content (AvgIpc) is 2.84. The standard InChI is InChI=1S/C14H16N6O/c1-3-20-9-17-12-11(13(20)21)19(2)14(18-12)16-8-10-6-4-5-7-15-10/h4-7,9H,3,8H2,1-2H3,(H,16,18). The molecule has 21 heavy (non-hydrogen) atoms. The number of nitrogens with one attached hydrogen (secondary N) is 1. The summed E-state index contributed by atoms with van der Waals surface area (Å²) in [6, 6.07) is 5.73. The number of pyridine rings is 1. The lowest BCUT2D eigenvalue weighted by Crippen LogP contribution is -2.21. The fourth-order valence-electron chi connectivity index (χ4n) is 2.18. The molecule has 3 aromatic heterocycles. The Morgan fingerprint density at radius 3 is 2.86 bits per heavy atom. The van der Waals surface area contributed by atoms with Crippen molar-refractivity contribution in [2.45, 2.75) is 20.0 Å². The largest absolute Gasteiger partial charge is 0.350 e. The normalized spacial score (nSPS) is 11.0. The van der Waals surface area contributed by atoms with Gasteiger partial charge in [0.05, 0.1) is 12.2 Å². The Labute approximate surface area is 121 Å². The molecule has 0 amide bonds. The first kappa shape index (κ1) is 13.3. The molecule has 0 unspecified atom stereocenters. The van der Waals surface area contributed by atoms with Crippen LogP contribution in [0.1, 0.15) is 12.6 Å². The lowest BCUT2D eigenvalue weighted by atomic mass is 10.3. The maximum atomic E-state index is 12.3. The Morgan fingerprint density at radius 2 is 2.14 bits per heavy atom. The molecule has 0 fully saturated rings. The van der Waals surface area contributed by atoms with Gasteiger partial charge in [-0.25, -0.2) is 4.98 Å². The van der Waals surface area contributed by atoms with E-state index in [4.69, 9.17) is 0 Å². The number of rotatable bonds is 4. The SMILES string of the molecule is CCn1cnc2nc(NCc3ccccn3)n(C)c2c1=O. The van der Waals surface area contributed by atoms with Gasteiger partial charge in [0.15, 0.2) is 11.2 Å². The number of aryl methyl sites for hydroxylation is 2. The molecule has 0 aliphatic rings. The van der Waals surface area contributed by atoms with E-state index in [2.05, 4.69) is 20.3 Å². The zero-order chi connectivity index (χ0) is 14.8. The second-order valence-electron chi connectivity index (χ2n) is 4.68. The van der Waals surface area contributed by atoms with Gasteiger partial charge in [0.1, 0.15) is 6.33 Å². The first-order valence-corrected chi connectivity index (χ1v) is 6.76. The summed E-state index contributed by atoms with van der Waals surface area (Å²) in [5.74, 6) is 0.606. The lowest BCUT2D eigenvalue weighted by Gasteiger charge is -2.05. The van der Waals surface area contributed by atoms with Gasteiger partial charge in [0.25, 0.3) is 5.56 Å². The minimum absolute atomic E-state index is 0.0802. The Morgan fingerprint density at radius 1 is 1.29 bits per heavy atom. The molecule has 0 aliphatic carbocycles. The third-order valence-corrected chi connectivity index (χ3v) is 3.35. The van der Waals surface area contributed by atoms with Gasteiger partial charge in [-0.15, -0.1) is 0 Å². The van der Waals surface area contributed by atoms with E-state index >= 15 is 0 Å². The molecule has 0 bridgehead atoms. The van der Waals surface area contributed by atoms with Crippen molar-refractivity contribution in [1.82, 2.24) is 24.1 Å². The molecule has 108 valence electrons. The van der Waals surface area contributed by atoms with E-state index < -0.39 is 0 Å². The summed E-state index contributed by atoms with van der Waals surface area (Å²) in [5.41, 5.74) is 1.78. The van der Waals surface area contributed by atoms with Crippen LogP contribution in [-0.2, 0) is 20.1 Å². The number of hydrogen-bond donors (Lipinski definition) is 1. The molecule has 0 saturated carbocycles. The Hall–Kier alpha value is -2.70. The highest BCUT2D eigenvalue weighted by atomic mass is 16.1. The monoisotopic (exact) mass is 284 g/mol. The minimum atomic E-state index is -0.0802. The number of imidazole rings is 1. The van der Waals surface area contributed by atoms with Crippen LogP contribution in [0.3, 0.4) is 0 Å². The highest BCUT2D eigenvalue weighted by Crippen LogP contribution is 2.13. The fraction of sp³-hybridized carbons (Fsp3) is 0.286.